The second kappa shape index (κ2) is 10.3. The molecule has 0 aliphatic carbocycles. The fourth-order valence-corrected chi connectivity index (χ4v) is 3.85. The molecular formula is C23H29FN6O2. The van der Waals surface area contributed by atoms with E-state index in [-0.39, 0.29) is 24.3 Å². The van der Waals surface area contributed by atoms with Crippen LogP contribution in [-0.4, -0.2) is 65.6 Å². The average molecular weight is 441 g/mol. The number of urea groups is 1. The highest BCUT2D eigenvalue weighted by Crippen LogP contribution is 2.27. The van der Waals surface area contributed by atoms with Crippen LogP contribution in [0.4, 0.5) is 15.0 Å². The number of anilines is 1. The monoisotopic (exact) mass is 440 g/mol. The Hall–Kier alpha value is -3.38. The third-order valence-corrected chi connectivity index (χ3v) is 5.81. The molecule has 0 radical (unpaired) electrons. The maximum absolute atomic E-state index is 13.3. The van der Waals surface area contributed by atoms with Gasteiger partial charge in [-0.15, -0.1) is 0 Å². The van der Waals surface area contributed by atoms with E-state index in [9.17, 15) is 19.2 Å². The van der Waals surface area contributed by atoms with Crippen molar-refractivity contribution in [2.24, 2.45) is 0 Å². The van der Waals surface area contributed by atoms with Gasteiger partial charge in [0.25, 0.3) is 0 Å². The van der Waals surface area contributed by atoms with Crippen LogP contribution >= 0.6 is 0 Å². The molecule has 0 bridgehead atoms. The molecule has 1 aliphatic rings. The first-order valence-electron chi connectivity index (χ1n) is 10.7. The van der Waals surface area contributed by atoms with E-state index < -0.39 is 0 Å². The van der Waals surface area contributed by atoms with Gasteiger partial charge in [0.1, 0.15) is 17.7 Å². The summed E-state index contributed by atoms with van der Waals surface area (Å²) >= 11 is 0. The van der Waals surface area contributed by atoms with Crippen LogP contribution in [0.2, 0.25) is 0 Å². The summed E-state index contributed by atoms with van der Waals surface area (Å²) in [6.07, 6.45) is 0. The lowest BCUT2D eigenvalue weighted by Gasteiger charge is -2.34. The molecule has 8 nitrogen and oxygen atoms in total. The number of hydrogen-bond acceptors (Lipinski definition) is 4. The first-order valence-corrected chi connectivity index (χ1v) is 10.7. The highest BCUT2D eigenvalue weighted by molar-refractivity contribution is 5.93. The Bertz CT molecular complexity index is 1020. The fourth-order valence-electron chi connectivity index (χ4n) is 3.85. The molecule has 0 saturated carbocycles. The van der Waals surface area contributed by atoms with Crippen molar-refractivity contribution in [3.8, 4) is 6.07 Å². The standard InChI is InChI=1S/C23H29FN6O2/c1-4-26-23(32)29-11-9-28(10-12-29)15-21(31)27-22-20(13-25)16(2)17(3)30(22)14-18-5-7-19(24)8-6-18/h5-8H,4,9-12,14-15H2,1-3H3,(H,26,32)(H,27,31). The lowest BCUT2D eigenvalue weighted by atomic mass is 10.2. The van der Waals surface area contributed by atoms with Gasteiger partial charge in [-0.25, -0.2) is 9.18 Å². The minimum atomic E-state index is -0.312. The molecule has 2 heterocycles. The molecule has 3 amide bonds. The Kier molecular flexibility index (Phi) is 7.49. The summed E-state index contributed by atoms with van der Waals surface area (Å²) in [7, 11) is 0. The lowest BCUT2D eigenvalue weighted by Crippen LogP contribution is -2.53. The van der Waals surface area contributed by atoms with Gasteiger partial charge >= 0.3 is 6.03 Å². The molecule has 0 spiro atoms. The molecule has 0 atom stereocenters. The number of nitrogens with zero attached hydrogens (tertiary/aromatic N) is 4. The van der Waals surface area contributed by atoms with Gasteiger partial charge in [0, 0.05) is 45.0 Å². The van der Waals surface area contributed by atoms with Crippen LogP contribution in [0, 0.1) is 31.0 Å². The maximum Gasteiger partial charge on any atom is 0.317 e. The summed E-state index contributed by atoms with van der Waals surface area (Å²) in [6, 6.07) is 8.28. The van der Waals surface area contributed by atoms with Gasteiger partial charge in [-0.05, 0) is 44.0 Å². The highest BCUT2D eigenvalue weighted by Gasteiger charge is 2.24. The molecule has 1 aromatic carbocycles. The first-order chi connectivity index (χ1) is 15.3. The molecule has 32 heavy (non-hydrogen) atoms. The molecular weight excluding hydrogens is 411 g/mol. The zero-order chi connectivity index (χ0) is 23.3. The van der Waals surface area contributed by atoms with Crippen molar-refractivity contribution in [2.75, 3.05) is 44.6 Å². The first kappa shape index (κ1) is 23.3. The molecule has 1 fully saturated rings. The predicted octanol–water partition coefficient (Wildman–Crippen LogP) is 2.45. The van der Waals surface area contributed by atoms with E-state index in [1.807, 2.05) is 30.2 Å². The number of aromatic nitrogens is 1. The van der Waals surface area contributed by atoms with Crippen molar-refractivity contribution in [3.05, 3.63) is 52.5 Å². The Morgan fingerprint density at radius 2 is 1.78 bits per heavy atom. The second-order valence-electron chi connectivity index (χ2n) is 7.91. The summed E-state index contributed by atoms with van der Waals surface area (Å²) in [6.45, 7) is 9.12. The molecule has 3 rings (SSSR count). The van der Waals surface area contributed by atoms with Gasteiger partial charge in [-0.2, -0.15) is 5.26 Å². The van der Waals surface area contributed by atoms with Crippen LogP contribution in [0.3, 0.4) is 0 Å². The number of hydrogen-bond donors (Lipinski definition) is 2. The molecule has 0 unspecified atom stereocenters. The Morgan fingerprint density at radius 1 is 1.12 bits per heavy atom. The number of nitriles is 1. The van der Waals surface area contributed by atoms with E-state index in [0.717, 1.165) is 16.8 Å². The Morgan fingerprint density at radius 3 is 2.38 bits per heavy atom. The molecule has 170 valence electrons. The summed E-state index contributed by atoms with van der Waals surface area (Å²) in [4.78, 5) is 28.5. The SMILES string of the molecule is CCNC(=O)N1CCN(CC(=O)Nc2c(C#N)c(C)c(C)n2Cc2ccc(F)cc2)CC1. The largest absolute Gasteiger partial charge is 0.338 e. The van der Waals surface area contributed by atoms with Gasteiger partial charge in [-0.3, -0.25) is 9.69 Å². The molecule has 2 N–H and O–H groups in total. The van der Waals surface area contributed by atoms with Crippen molar-refractivity contribution < 1.29 is 14.0 Å². The quantitative estimate of drug-likeness (QED) is 0.722. The highest BCUT2D eigenvalue weighted by atomic mass is 19.1. The number of halogens is 1. The normalized spacial score (nSPS) is 14.2. The van der Waals surface area contributed by atoms with Crippen molar-refractivity contribution in [3.63, 3.8) is 0 Å². The van der Waals surface area contributed by atoms with Crippen LogP contribution in [-0.2, 0) is 11.3 Å². The zero-order valence-corrected chi connectivity index (χ0v) is 18.7. The van der Waals surface area contributed by atoms with E-state index in [2.05, 4.69) is 16.7 Å². The third-order valence-electron chi connectivity index (χ3n) is 5.81. The predicted molar refractivity (Wildman–Crippen MR) is 120 cm³/mol. The van der Waals surface area contributed by atoms with Crippen molar-refractivity contribution >= 4 is 17.8 Å². The van der Waals surface area contributed by atoms with E-state index in [1.54, 1.807) is 17.0 Å². The molecule has 2 aromatic rings. The number of nitrogens with one attached hydrogen (secondary N) is 2. The summed E-state index contributed by atoms with van der Waals surface area (Å²) in [5.74, 6) is -0.0729. The summed E-state index contributed by atoms with van der Waals surface area (Å²) < 4.78 is 15.2. The third kappa shape index (κ3) is 5.26. The number of benzene rings is 1. The lowest BCUT2D eigenvalue weighted by molar-refractivity contribution is -0.117. The smallest absolute Gasteiger partial charge is 0.317 e. The van der Waals surface area contributed by atoms with Crippen LogP contribution in [0.5, 0.6) is 0 Å². The van der Waals surface area contributed by atoms with Crippen LogP contribution in [0.1, 0.15) is 29.3 Å². The van der Waals surface area contributed by atoms with Gasteiger partial charge in [0.2, 0.25) is 5.91 Å². The van der Waals surface area contributed by atoms with Gasteiger partial charge in [0.05, 0.1) is 12.1 Å². The van der Waals surface area contributed by atoms with Crippen molar-refractivity contribution in [1.29, 1.82) is 5.26 Å². The van der Waals surface area contributed by atoms with Crippen LogP contribution in [0.25, 0.3) is 0 Å². The van der Waals surface area contributed by atoms with E-state index in [1.165, 1.54) is 12.1 Å². The number of carbonyl (C=O) groups excluding carboxylic acids is 2. The Labute approximate surface area is 187 Å². The summed E-state index contributed by atoms with van der Waals surface area (Å²) in [5.41, 5.74) is 2.97. The van der Waals surface area contributed by atoms with Crippen molar-refractivity contribution in [2.45, 2.75) is 27.3 Å². The van der Waals surface area contributed by atoms with E-state index in [4.69, 9.17) is 0 Å². The van der Waals surface area contributed by atoms with E-state index >= 15 is 0 Å². The summed E-state index contributed by atoms with van der Waals surface area (Å²) in [5, 5.41) is 15.4. The number of carbonyl (C=O) groups is 2. The van der Waals surface area contributed by atoms with Crippen LogP contribution < -0.4 is 10.6 Å². The average Bonchev–Trinajstić information content (AvgIpc) is 2.99. The molecule has 9 heteroatoms. The van der Waals surface area contributed by atoms with Gasteiger partial charge in [0.15, 0.2) is 0 Å². The number of piperazine rings is 1. The van der Waals surface area contributed by atoms with E-state index in [0.29, 0.717) is 50.6 Å². The number of amides is 3. The molecule has 1 aromatic heterocycles. The minimum absolute atomic E-state index is 0.0835. The maximum atomic E-state index is 13.3. The fraction of sp³-hybridized carbons (Fsp3) is 0.435. The van der Waals surface area contributed by atoms with Gasteiger partial charge < -0.3 is 20.1 Å². The zero-order valence-electron chi connectivity index (χ0n) is 18.7. The topological polar surface area (TPSA) is 93.4 Å². The molecule has 1 saturated heterocycles. The molecule has 1 aliphatic heterocycles. The minimum Gasteiger partial charge on any atom is -0.338 e. The Balaban J connectivity index is 1.69. The van der Waals surface area contributed by atoms with Crippen LogP contribution in [0.15, 0.2) is 24.3 Å². The van der Waals surface area contributed by atoms with Gasteiger partial charge in [-0.1, -0.05) is 12.1 Å². The second-order valence-corrected chi connectivity index (χ2v) is 7.91. The van der Waals surface area contributed by atoms with Crippen molar-refractivity contribution in [1.82, 2.24) is 19.7 Å². The number of rotatable bonds is 6.